The van der Waals surface area contributed by atoms with E-state index in [2.05, 4.69) is 5.32 Å². The predicted octanol–water partition coefficient (Wildman–Crippen LogP) is 4.01. The summed E-state index contributed by atoms with van der Waals surface area (Å²) in [4.78, 5) is 27.6. The van der Waals surface area contributed by atoms with Crippen LogP contribution in [-0.2, 0) is 26.2 Å². The normalized spacial score (nSPS) is 12.4. The second-order valence-corrected chi connectivity index (χ2v) is 10.9. The largest absolute Gasteiger partial charge is 0.352 e. The summed E-state index contributed by atoms with van der Waals surface area (Å²) < 4.78 is 26.0. The van der Waals surface area contributed by atoms with Gasteiger partial charge in [0.1, 0.15) is 12.6 Å². The molecule has 0 fully saturated rings. The van der Waals surface area contributed by atoms with Crippen LogP contribution in [0.1, 0.15) is 31.9 Å². The number of nitrogens with one attached hydrogen (secondary N) is 1. The highest BCUT2D eigenvalue weighted by Gasteiger charge is 2.30. The molecule has 2 amide bonds. The zero-order chi connectivity index (χ0) is 24.9. The van der Waals surface area contributed by atoms with Crippen LogP contribution in [0.25, 0.3) is 0 Å². The highest BCUT2D eigenvalue weighted by Crippen LogP contribution is 2.28. The van der Waals surface area contributed by atoms with E-state index in [4.69, 9.17) is 23.2 Å². The molecule has 0 aliphatic rings. The van der Waals surface area contributed by atoms with Crippen LogP contribution in [0.15, 0.2) is 42.5 Å². The number of sulfonamides is 1. The standard InChI is InChI=1S/C23H29Cl2N3O4S/c1-15(2)26-23(30)17(4)27(13-18-9-7-6-8-16(18)3)22(29)14-28(33(5,31)32)19-10-11-20(24)21(25)12-19/h6-12,15,17H,13-14H2,1-5H3,(H,26,30)/t17-/m1/s1. The van der Waals surface area contributed by atoms with Crippen molar-refractivity contribution in [2.75, 3.05) is 17.1 Å². The SMILES string of the molecule is Cc1ccccc1CN(C(=O)CN(c1ccc(Cl)c(Cl)c1)S(C)(=O)=O)[C@H](C)C(=O)NC(C)C. The summed E-state index contributed by atoms with van der Waals surface area (Å²) in [5.41, 5.74) is 2.02. The molecule has 10 heteroatoms. The lowest BCUT2D eigenvalue weighted by Gasteiger charge is -2.32. The van der Waals surface area contributed by atoms with Crippen LogP contribution in [0.3, 0.4) is 0 Å². The summed E-state index contributed by atoms with van der Waals surface area (Å²) in [6.45, 7) is 6.84. The van der Waals surface area contributed by atoms with Crippen molar-refractivity contribution in [3.63, 3.8) is 0 Å². The fourth-order valence-electron chi connectivity index (χ4n) is 3.21. The fraction of sp³-hybridized carbons (Fsp3) is 0.391. The molecule has 0 aliphatic heterocycles. The van der Waals surface area contributed by atoms with Gasteiger partial charge in [-0.25, -0.2) is 8.42 Å². The number of hydrogen-bond donors (Lipinski definition) is 1. The summed E-state index contributed by atoms with van der Waals surface area (Å²) in [5.74, 6) is -0.853. The minimum atomic E-state index is -3.84. The molecule has 2 rings (SSSR count). The van der Waals surface area contributed by atoms with E-state index >= 15 is 0 Å². The molecule has 2 aromatic carbocycles. The van der Waals surface area contributed by atoms with E-state index in [1.807, 2.05) is 45.0 Å². The number of carbonyl (C=O) groups is 2. The number of aryl methyl sites for hydroxylation is 1. The first-order chi connectivity index (χ1) is 15.3. The summed E-state index contributed by atoms with van der Waals surface area (Å²) >= 11 is 12.0. The van der Waals surface area contributed by atoms with E-state index in [1.165, 1.54) is 23.1 Å². The number of anilines is 1. The molecule has 0 radical (unpaired) electrons. The molecule has 7 nitrogen and oxygen atoms in total. The van der Waals surface area contributed by atoms with Crippen molar-refractivity contribution in [3.05, 3.63) is 63.6 Å². The summed E-state index contributed by atoms with van der Waals surface area (Å²) in [5, 5.41) is 3.24. The van der Waals surface area contributed by atoms with Crippen molar-refractivity contribution >= 4 is 50.7 Å². The summed E-state index contributed by atoms with van der Waals surface area (Å²) in [6.07, 6.45) is 1.00. The Hall–Kier alpha value is -2.29. The van der Waals surface area contributed by atoms with E-state index in [1.54, 1.807) is 6.92 Å². The van der Waals surface area contributed by atoms with Crippen molar-refractivity contribution in [2.45, 2.75) is 46.3 Å². The molecule has 1 N–H and O–H groups in total. The van der Waals surface area contributed by atoms with Gasteiger partial charge in [-0.3, -0.25) is 13.9 Å². The Labute approximate surface area is 205 Å². The van der Waals surface area contributed by atoms with E-state index in [9.17, 15) is 18.0 Å². The number of benzene rings is 2. The Morgan fingerprint density at radius 2 is 1.67 bits per heavy atom. The lowest BCUT2D eigenvalue weighted by atomic mass is 10.1. The highest BCUT2D eigenvalue weighted by atomic mass is 35.5. The second kappa shape index (κ2) is 11.2. The van der Waals surface area contributed by atoms with Crippen LogP contribution in [-0.4, -0.2) is 50.0 Å². The van der Waals surface area contributed by atoms with Gasteiger partial charge in [0.15, 0.2) is 0 Å². The third kappa shape index (κ3) is 7.35. The minimum absolute atomic E-state index is 0.112. The topological polar surface area (TPSA) is 86.8 Å². The molecule has 0 saturated carbocycles. The van der Waals surface area contributed by atoms with Crippen molar-refractivity contribution in [1.29, 1.82) is 0 Å². The van der Waals surface area contributed by atoms with Crippen LogP contribution in [0.4, 0.5) is 5.69 Å². The second-order valence-electron chi connectivity index (χ2n) is 8.16. The van der Waals surface area contributed by atoms with Crippen molar-refractivity contribution in [3.8, 4) is 0 Å². The van der Waals surface area contributed by atoms with Crippen LogP contribution in [0, 0.1) is 6.92 Å². The Morgan fingerprint density at radius 3 is 2.21 bits per heavy atom. The molecule has 0 aromatic heterocycles. The molecule has 0 unspecified atom stereocenters. The molecule has 1 atom stereocenters. The minimum Gasteiger partial charge on any atom is -0.352 e. The van der Waals surface area contributed by atoms with Gasteiger partial charge in [0, 0.05) is 12.6 Å². The number of rotatable bonds is 9. The molecule has 0 saturated heterocycles. The van der Waals surface area contributed by atoms with Gasteiger partial charge in [-0.05, 0) is 57.0 Å². The quantitative estimate of drug-likeness (QED) is 0.548. The van der Waals surface area contributed by atoms with E-state index in [0.29, 0.717) is 0 Å². The molecule has 0 heterocycles. The van der Waals surface area contributed by atoms with Gasteiger partial charge >= 0.3 is 0 Å². The third-order valence-electron chi connectivity index (χ3n) is 5.07. The number of carbonyl (C=O) groups excluding carboxylic acids is 2. The average molecular weight is 514 g/mol. The van der Waals surface area contributed by atoms with E-state index < -0.39 is 28.5 Å². The highest BCUT2D eigenvalue weighted by molar-refractivity contribution is 7.92. The third-order valence-corrected chi connectivity index (χ3v) is 6.95. The smallest absolute Gasteiger partial charge is 0.244 e. The molecule has 2 aromatic rings. The van der Waals surface area contributed by atoms with Crippen LogP contribution in [0.5, 0.6) is 0 Å². The van der Waals surface area contributed by atoms with Gasteiger partial charge in [-0.1, -0.05) is 47.5 Å². The predicted molar refractivity (Wildman–Crippen MR) is 133 cm³/mol. The van der Waals surface area contributed by atoms with Gasteiger partial charge < -0.3 is 10.2 Å². The van der Waals surface area contributed by atoms with Crippen LogP contribution < -0.4 is 9.62 Å². The van der Waals surface area contributed by atoms with Gasteiger partial charge in [-0.15, -0.1) is 0 Å². The van der Waals surface area contributed by atoms with Crippen LogP contribution in [0.2, 0.25) is 10.0 Å². The Bertz CT molecular complexity index is 1120. The number of amides is 2. The van der Waals surface area contributed by atoms with Crippen molar-refractivity contribution in [1.82, 2.24) is 10.2 Å². The van der Waals surface area contributed by atoms with E-state index in [-0.39, 0.29) is 34.2 Å². The van der Waals surface area contributed by atoms with E-state index in [0.717, 1.165) is 21.7 Å². The monoisotopic (exact) mass is 513 g/mol. The average Bonchev–Trinajstić information content (AvgIpc) is 2.71. The summed E-state index contributed by atoms with van der Waals surface area (Å²) in [6, 6.07) is 10.9. The first-order valence-corrected chi connectivity index (χ1v) is 13.0. The lowest BCUT2D eigenvalue weighted by molar-refractivity contribution is -0.139. The fourth-order valence-corrected chi connectivity index (χ4v) is 4.35. The van der Waals surface area contributed by atoms with Gasteiger partial charge in [0.25, 0.3) is 0 Å². The first-order valence-electron chi connectivity index (χ1n) is 10.4. The zero-order valence-corrected chi connectivity index (χ0v) is 21.6. The molecule has 33 heavy (non-hydrogen) atoms. The maximum atomic E-state index is 13.5. The summed E-state index contributed by atoms with van der Waals surface area (Å²) in [7, 11) is -3.84. The van der Waals surface area contributed by atoms with Gasteiger partial charge in [0.2, 0.25) is 21.8 Å². The molecule has 0 bridgehead atoms. The number of halogens is 2. The molecular formula is C23H29Cl2N3O4S. The number of nitrogens with zero attached hydrogens (tertiary/aromatic N) is 2. The maximum absolute atomic E-state index is 13.5. The number of hydrogen-bond acceptors (Lipinski definition) is 4. The molecule has 0 spiro atoms. The zero-order valence-electron chi connectivity index (χ0n) is 19.3. The maximum Gasteiger partial charge on any atom is 0.244 e. The van der Waals surface area contributed by atoms with Crippen molar-refractivity contribution in [2.24, 2.45) is 0 Å². The Kier molecular flexibility index (Phi) is 9.17. The van der Waals surface area contributed by atoms with Crippen LogP contribution >= 0.6 is 23.2 Å². The molecular weight excluding hydrogens is 485 g/mol. The molecule has 0 aliphatic carbocycles. The molecule has 180 valence electrons. The van der Waals surface area contributed by atoms with Gasteiger partial charge in [-0.2, -0.15) is 0 Å². The Morgan fingerprint density at radius 1 is 1.03 bits per heavy atom. The van der Waals surface area contributed by atoms with Crippen molar-refractivity contribution < 1.29 is 18.0 Å². The lowest BCUT2D eigenvalue weighted by Crippen LogP contribution is -2.52. The van der Waals surface area contributed by atoms with Gasteiger partial charge in [0.05, 0.1) is 22.0 Å². The Balaban J connectivity index is 2.43. The first kappa shape index (κ1) is 27.0.